The number of aromatic nitrogens is 7. The van der Waals surface area contributed by atoms with E-state index in [1.807, 2.05) is 30.3 Å². The molecule has 0 saturated heterocycles. The van der Waals surface area contributed by atoms with E-state index in [-0.39, 0.29) is 29.4 Å². The molecule has 4 heterocycles. The SMILES string of the molecule is Cn1nc(-c2c(-c3ccccc3)nc(N)n3c(=O)n(Cc4ncccc4F)nc23)ccc1=O. The third kappa shape index (κ3) is 3.45. The van der Waals surface area contributed by atoms with E-state index in [0.29, 0.717) is 17.0 Å². The van der Waals surface area contributed by atoms with E-state index in [1.54, 1.807) is 0 Å². The van der Waals surface area contributed by atoms with Gasteiger partial charge in [-0.2, -0.15) is 5.10 Å². The average Bonchev–Trinajstić information content (AvgIpc) is 3.14. The Balaban J connectivity index is 1.83. The van der Waals surface area contributed by atoms with Crippen LogP contribution in [-0.2, 0) is 13.6 Å². The Morgan fingerprint density at radius 2 is 1.79 bits per heavy atom. The number of anilines is 1. The van der Waals surface area contributed by atoms with Crippen LogP contribution in [0.25, 0.3) is 28.2 Å². The van der Waals surface area contributed by atoms with Gasteiger partial charge >= 0.3 is 5.69 Å². The van der Waals surface area contributed by atoms with Crippen molar-refractivity contribution < 1.29 is 4.39 Å². The van der Waals surface area contributed by atoms with E-state index in [1.165, 1.54) is 42.2 Å². The van der Waals surface area contributed by atoms with Gasteiger partial charge in [0.15, 0.2) is 5.65 Å². The van der Waals surface area contributed by atoms with E-state index in [4.69, 9.17) is 5.73 Å². The van der Waals surface area contributed by atoms with Crippen molar-refractivity contribution in [2.45, 2.75) is 6.54 Å². The molecule has 0 saturated carbocycles. The van der Waals surface area contributed by atoms with Gasteiger partial charge in [-0.15, -0.1) is 5.10 Å². The summed E-state index contributed by atoms with van der Waals surface area (Å²) in [7, 11) is 1.52. The molecule has 0 bridgehead atoms. The molecule has 1 aromatic carbocycles. The molecule has 0 fully saturated rings. The maximum Gasteiger partial charge on any atom is 0.353 e. The summed E-state index contributed by atoms with van der Waals surface area (Å²) in [5.74, 6) is -0.646. The summed E-state index contributed by atoms with van der Waals surface area (Å²) in [6, 6.07) is 14.8. The second-order valence-electron chi connectivity index (χ2n) is 7.27. The monoisotopic (exact) mass is 444 g/mol. The molecule has 0 aliphatic heterocycles. The highest BCUT2D eigenvalue weighted by Crippen LogP contribution is 2.32. The Morgan fingerprint density at radius 3 is 2.52 bits per heavy atom. The topological polar surface area (TPSA) is 126 Å². The fourth-order valence-corrected chi connectivity index (χ4v) is 3.56. The van der Waals surface area contributed by atoms with Gasteiger partial charge in [-0.3, -0.25) is 9.78 Å². The van der Waals surface area contributed by atoms with Gasteiger partial charge in [-0.05, 0) is 18.2 Å². The standard InChI is InChI=1S/C22H17FN8O2/c1-29-17(32)10-9-15(27-29)18-19(13-6-3-2-4-7-13)26-21(24)31-20(18)28-30(22(31)33)12-16-14(23)8-5-11-25-16/h2-11H,12H2,1H3,(H2,24,26). The maximum absolute atomic E-state index is 14.2. The van der Waals surface area contributed by atoms with E-state index in [0.717, 1.165) is 14.6 Å². The van der Waals surface area contributed by atoms with Gasteiger partial charge in [-0.25, -0.2) is 27.9 Å². The highest BCUT2D eigenvalue weighted by molar-refractivity contribution is 5.89. The second-order valence-corrected chi connectivity index (χ2v) is 7.27. The Hall–Kier alpha value is -4.67. The first-order valence-corrected chi connectivity index (χ1v) is 9.92. The van der Waals surface area contributed by atoms with E-state index < -0.39 is 11.5 Å². The molecule has 0 aliphatic rings. The van der Waals surface area contributed by atoms with Crippen LogP contribution in [0.2, 0.25) is 0 Å². The van der Waals surface area contributed by atoms with Crippen molar-refractivity contribution in [1.82, 2.24) is 33.9 Å². The van der Waals surface area contributed by atoms with Crippen LogP contribution in [0.4, 0.5) is 10.3 Å². The number of nitrogens with zero attached hydrogens (tertiary/aromatic N) is 7. The summed E-state index contributed by atoms with van der Waals surface area (Å²) in [6.07, 6.45) is 1.43. The Labute approximate surface area is 185 Å². The minimum Gasteiger partial charge on any atom is -0.369 e. The predicted molar refractivity (Wildman–Crippen MR) is 119 cm³/mol. The molecular formula is C22H17FN8O2. The molecule has 0 radical (unpaired) electrons. The van der Waals surface area contributed by atoms with Gasteiger partial charge < -0.3 is 5.73 Å². The molecule has 33 heavy (non-hydrogen) atoms. The summed E-state index contributed by atoms with van der Waals surface area (Å²) >= 11 is 0. The quantitative estimate of drug-likeness (QED) is 0.445. The van der Waals surface area contributed by atoms with Gasteiger partial charge in [0.2, 0.25) is 5.95 Å². The number of benzene rings is 1. The summed E-state index contributed by atoms with van der Waals surface area (Å²) < 4.78 is 17.5. The van der Waals surface area contributed by atoms with E-state index in [2.05, 4.69) is 20.2 Å². The smallest absolute Gasteiger partial charge is 0.353 e. The van der Waals surface area contributed by atoms with Gasteiger partial charge in [0.1, 0.15) is 5.82 Å². The van der Waals surface area contributed by atoms with Crippen molar-refractivity contribution in [1.29, 1.82) is 0 Å². The first-order chi connectivity index (χ1) is 15.9. The highest BCUT2D eigenvalue weighted by Gasteiger charge is 2.23. The Morgan fingerprint density at radius 1 is 1.00 bits per heavy atom. The molecule has 5 rings (SSSR count). The van der Waals surface area contributed by atoms with E-state index >= 15 is 0 Å². The molecule has 0 amide bonds. The lowest BCUT2D eigenvalue weighted by atomic mass is 10.0. The van der Waals surface area contributed by atoms with Crippen molar-refractivity contribution in [2.75, 3.05) is 5.73 Å². The molecule has 164 valence electrons. The molecule has 0 unspecified atom stereocenters. The summed E-state index contributed by atoms with van der Waals surface area (Å²) in [5, 5.41) is 8.77. The van der Waals surface area contributed by atoms with Crippen LogP contribution in [0.1, 0.15) is 5.69 Å². The fourth-order valence-electron chi connectivity index (χ4n) is 3.56. The predicted octanol–water partition coefficient (Wildman–Crippen LogP) is 1.48. The van der Waals surface area contributed by atoms with E-state index in [9.17, 15) is 14.0 Å². The molecule has 5 aromatic rings. The number of halogens is 1. The third-order valence-electron chi connectivity index (χ3n) is 5.15. The first kappa shape index (κ1) is 20.2. The molecule has 10 nitrogen and oxygen atoms in total. The van der Waals surface area contributed by atoms with Gasteiger partial charge in [0.05, 0.1) is 29.2 Å². The molecule has 4 aromatic heterocycles. The number of rotatable bonds is 4. The van der Waals surface area contributed by atoms with Gasteiger partial charge in [0, 0.05) is 24.9 Å². The summed E-state index contributed by atoms with van der Waals surface area (Å²) in [4.78, 5) is 33.5. The third-order valence-corrected chi connectivity index (χ3v) is 5.15. The zero-order valence-corrected chi connectivity index (χ0v) is 17.4. The van der Waals surface area contributed by atoms with Crippen LogP contribution < -0.4 is 17.0 Å². The molecule has 0 aliphatic carbocycles. The van der Waals surface area contributed by atoms with Crippen LogP contribution in [0, 0.1) is 5.82 Å². The number of fused-ring (bicyclic) bond motifs is 1. The normalized spacial score (nSPS) is 11.2. The van der Waals surface area contributed by atoms with Crippen molar-refractivity contribution in [3.8, 4) is 22.5 Å². The van der Waals surface area contributed by atoms with Gasteiger partial charge in [0.25, 0.3) is 5.56 Å². The lowest BCUT2D eigenvalue weighted by molar-refractivity contribution is 0.564. The molecule has 0 atom stereocenters. The van der Waals surface area contributed by atoms with Crippen molar-refractivity contribution in [3.05, 3.63) is 93.1 Å². The second kappa shape index (κ2) is 7.79. The largest absolute Gasteiger partial charge is 0.369 e. The lowest BCUT2D eigenvalue weighted by Crippen LogP contribution is -2.24. The van der Waals surface area contributed by atoms with Gasteiger partial charge in [-0.1, -0.05) is 30.3 Å². The zero-order chi connectivity index (χ0) is 23.1. The number of hydrogen-bond donors (Lipinski definition) is 1. The number of pyridine rings is 1. The molecule has 0 spiro atoms. The number of aryl methyl sites for hydroxylation is 1. The van der Waals surface area contributed by atoms with Crippen LogP contribution in [-0.4, -0.2) is 33.9 Å². The summed E-state index contributed by atoms with van der Waals surface area (Å²) in [5.41, 5.74) is 7.42. The van der Waals surface area contributed by atoms with Crippen LogP contribution >= 0.6 is 0 Å². The Bertz CT molecular complexity index is 1620. The number of nitrogens with two attached hydrogens (primary N) is 1. The minimum atomic E-state index is -0.606. The minimum absolute atomic E-state index is 0.0552. The van der Waals surface area contributed by atoms with Crippen molar-refractivity contribution in [3.63, 3.8) is 0 Å². The number of nitrogen functional groups attached to an aromatic ring is 1. The van der Waals surface area contributed by atoms with Crippen LogP contribution in [0.5, 0.6) is 0 Å². The van der Waals surface area contributed by atoms with Crippen LogP contribution in [0.15, 0.2) is 70.4 Å². The maximum atomic E-state index is 14.2. The fraction of sp³-hybridized carbons (Fsp3) is 0.0909. The molecule has 11 heteroatoms. The highest BCUT2D eigenvalue weighted by atomic mass is 19.1. The van der Waals surface area contributed by atoms with Crippen LogP contribution in [0.3, 0.4) is 0 Å². The van der Waals surface area contributed by atoms with Crippen molar-refractivity contribution >= 4 is 11.6 Å². The Kier molecular flexibility index (Phi) is 4.78. The number of hydrogen-bond acceptors (Lipinski definition) is 7. The molecule has 2 N–H and O–H groups in total. The zero-order valence-electron chi connectivity index (χ0n) is 17.4. The first-order valence-electron chi connectivity index (χ1n) is 9.92. The lowest BCUT2D eigenvalue weighted by Gasteiger charge is -2.11. The van der Waals surface area contributed by atoms with Crippen molar-refractivity contribution in [2.24, 2.45) is 7.05 Å². The molecular weight excluding hydrogens is 427 g/mol. The average molecular weight is 444 g/mol. The summed E-state index contributed by atoms with van der Waals surface area (Å²) in [6.45, 7) is -0.201.